The number of rotatable bonds is 4. The molecule has 1 aromatic rings. The first-order chi connectivity index (χ1) is 7.47. The first-order valence-electron chi connectivity index (χ1n) is 5.15. The normalized spacial score (nSPS) is 11.8. The molecule has 0 bridgehead atoms. The molecule has 0 aromatic carbocycles. The highest BCUT2D eigenvalue weighted by Crippen LogP contribution is 2.31. The Labute approximate surface area is 108 Å². The standard InChI is InChI=1S/C12H18N2O2.ClH/c1-7(2)4-10(13)11-9(6-15)5-14-8(3)12(11)16;/h5,10,15-16H,1,4,6,13H2,2-3H3;1H/t10-;/m1./s1. The summed E-state index contributed by atoms with van der Waals surface area (Å²) < 4.78 is 0. The van der Waals surface area contributed by atoms with E-state index in [-0.39, 0.29) is 30.8 Å². The van der Waals surface area contributed by atoms with Crippen LogP contribution in [0.15, 0.2) is 18.3 Å². The highest BCUT2D eigenvalue weighted by molar-refractivity contribution is 5.85. The monoisotopic (exact) mass is 258 g/mol. The third-order valence-corrected chi connectivity index (χ3v) is 2.47. The van der Waals surface area contributed by atoms with Gasteiger partial charge in [0.15, 0.2) is 0 Å². The minimum absolute atomic E-state index is 0. The van der Waals surface area contributed by atoms with E-state index < -0.39 is 0 Å². The van der Waals surface area contributed by atoms with Crippen LogP contribution in [0.2, 0.25) is 0 Å². The van der Waals surface area contributed by atoms with Gasteiger partial charge in [-0.05, 0) is 20.3 Å². The van der Waals surface area contributed by atoms with Crippen molar-refractivity contribution in [1.82, 2.24) is 4.98 Å². The summed E-state index contributed by atoms with van der Waals surface area (Å²) in [5, 5.41) is 19.1. The fourth-order valence-electron chi connectivity index (χ4n) is 1.67. The van der Waals surface area contributed by atoms with E-state index in [4.69, 9.17) is 5.73 Å². The summed E-state index contributed by atoms with van der Waals surface area (Å²) in [7, 11) is 0. The Balaban J connectivity index is 0.00000256. The average molecular weight is 259 g/mol. The van der Waals surface area contributed by atoms with Crippen LogP contribution in [0.5, 0.6) is 5.75 Å². The Morgan fingerprint density at radius 3 is 2.65 bits per heavy atom. The molecule has 0 spiro atoms. The SMILES string of the molecule is C=C(C)C[C@@H](N)c1c(CO)cnc(C)c1O.Cl. The molecule has 0 saturated carbocycles. The third-order valence-electron chi connectivity index (χ3n) is 2.47. The molecule has 0 unspecified atom stereocenters. The van der Waals surface area contributed by atoms with E-state index in [1.807, 2.05) is 6.92 Å². The van der Waals surface area contributed by atoms with Gasteiger partial charge < -0.3 is 15.9 Å². The van der Waals surface area contributed by atoms with Gasteiger partial charge in [0.05, 0.1) is 12.3 Å². The van der Waals surface area contributed by atoms with E-state index in [0.717, 1.165) is 5.57 Å². The van der Waals surface area contributed by atoms with Crippen LogP contribution in [0.4, 0.5) is 0 Å². The summed E-state index contributed by atoms with van der Waals surface area (Å²) in [6.07, 6.45) is 2.12. The van der Waals surface area contributed by atoms with Crippen LogP contribution in [-0.4, -0.2) is 15.2 Å². The molecule has 17 heavy (non-hydrogen) atoms. The molecule has 0 aliphatic heterocycles. The number of pyridine rings is 1. The predicted molar refractivity (Wildman–Crippen MR) is 70.2 cm³/mol. The van der Waals surface area contributed by atoms with Gasteiger partial charge in [-0.2, -0.15) is 0 Å². The fourth-order valence-corrected chi connectivity index (χ4v) is 1.67. The van der Waals surface area contributed by atoms with E-state index in [1.54, 1.807) is 13.1 Å². The number of nitrogens with two attached hydrogens (primary N) is 1. The van der Waals surface area contributed by atoms with Crippen molar-refractivity contribution in [2.24, 2.45) is 5.73 Å². The summed E-state index contributed by atoms with van der Waals surface area (Å²) >= 11 is 0. The molecule has 1 atom stereocenters. The van der Waals surface area contributed by atoms with Crippen LogP contribution in [0, 0.1) is 6.92 Å². The minimum atomic E-state index is -0.360. The van der Waals surface area contributed by atoms with E-state index in [2.05, 4.69) is 11.6 Å². The summed E-state index contributed by atoms with van der Waals surface area (Å²) in [6, 6.07) is -0.360. The van der Waals surface area contributed by atoms with Crippen LogP contribution in [0.3, 0.4) is 0 Å². The molecule has 1 rings (SSSR count). The van der Waals surface area contributed by atoms with Crippen LogP contribution in [-0.2, 0) is 6.61 Å². The quantitative estimate of drug-likeness (QED) is 0.722. The molecule has 5 heteroatoms. The molecule has 1 aromatic heterocycles. The highest BCUT2D eigenvalue weighted by Gasteiger charge is 2.17. The second kappa shape index (κ2) is 6.59. The molecular weight excluding hydrogens is 240 g/mol. The Kier molecular flexibility index (Phi) is 6.16. The fraction of sp³-hybridized carbons (Fsp3) is 0.417. The molecule has 96 valence electrons. The van der Waals surface area contributed by atoms with E-state index >= 15 is 0 Å². The van der Waals surface area contributed by atoms with Crippen molar-refractivity contribution >= 4 is 12.4 Å². The number of aliphatic hydroxyl groups excluding tert-OH is 1. The second-order valence-corrected chi connectivity index (χ2v) is 4.06. The lowest BCUT2D eigenvalue weighted by atomic mass is 9.96. The van der Waals surface area contributed by atoms with Gasteiger partial charge in [0.2, 0.25) is 0 Å². The van der Waals surface area contributed by atoms with Gasteiger partial charge in [-0.25, -0.2) is 0 Å². The molecule has 4 nitrogen and oxygen atoms in total. The lowest BCUT2D eigenvalue weighted by Crippen LogP contribution is -2.14. The first kappa shape index (κ1) is 15.9. The molecule has 1 heterocycles. The maximum absolute atomic E-state index is 9.91. The topological polar surface area (TPSA) is 79.4 Å². The van der Waals surface area contributed by atoms with E-state index in [9.17, 15) is 10.2 Å². The number of nitrogens with zero attached hydrogens (tertiary/aromatic N) is 1. The summed E-state index contributed by atoms with van der Waals surface area (Å²) in [6.45, 7) is 7.19. The minimum Gasteiger partial charge on any atom is -0.506 e. The zero-order valence-electron chi connectivity index (χ0n) is 10.1. The number of hydrogen-bond donors (Lipinski definition) is 3. The van der Waals surface area contributed by atoms with Gasteiger partial charge in [0.25, 0.3) is 0 Å². The molecule has 0 fully saturated rings. The number of aromatic hydroxyl groups is 1. The van der Waals surface area contributed by atoms with Crippen molar-refractivity contribution in [3.05, 3.63) is 35.2 Å². The number of aliphatic hydroxyl groups is 1. The second-order valence-electron chi connectivity index (χ2n) is 4.06. The molecule has 0 aliphatic rings. The lowest BCUT2D eigenvalue weighted by molar-refractivity contribution is 0.278. The van der Waals surface area contributed by atoms with Crippen LogP contribution >= 0.6 is 12.4 Å². The Morgan fingerprint density at radius 1 is 1.59 bits per heavy atom. The van der Waals surface area contributed by atoms with Gasteiger partial charge in [-0.15, -0.1) is 19.0 Å². The van der Waals surface area contributed by atoms with Crippen molar-refractivity contribution in [3.63, 3.8) is 0 Å². The van der Waals surface area contributed by atoms with E-state index in [1.165, 1.54) is 0 Å². The van der Waals surface area contributed by atoms with Gasteiger partial charge in [0.1, 0.15) is 5.75 Å². The molecule has 0 amide bonds. The van der Waals surface area contributed by atoms with Gasteiger partial charge in [-0.3, -0.25) is 4.98 Å². The Morgan fingerprint density at radius 2 is 2.18 bits per heavy atom. The predicted octanol–water partition coefficient (Wildman–Crippen LogP) is 1.98. The van der Waals surface area contributed by atoms with Crippen LogP contribution in [0.25, 0.3) is 0 Å². The molecular formula is C12H19ClN2O2. The molecule has 0 radical (unpaired) electrons. The number of halogens is 1. The van der Waals surface area contributed by atoms with Crippen molar-refractivity contribution < 1.29 is 10.2 Å². The van der Waals surface area contributed by atoms with E-state index in [0.29, 0.717) is 23.2 Å². The van der Waals surface area contributed by atoms with Crippen molar-refractivity contribution in [2.75, 3.05) is 0 Å². The maximum atomic E-state index is 9.91. The van der Waals surface area contributed by atoms with Gasteiger partial charge in [0, 0.05) is 23.4 Å². The van der Waals surface area contributed by atoms with Crippen molar-refractivity contribution in [2.45, 2.75) is 32.9 Å². The summed E-state index contributed by atoms with van der Waals surface area (Å²) in [5.74, 6) is 0.0697. The maximum Gasteiger partial charge on any atom is 0.141 e. The number of aryl methyl sites for hydroxylation is 1. The Bertz CT molecular complexity index is 408. The van der Waals surface area contributed by atoms with Crippen molar-refractivity contribution in [3.8, 4) is 5.75 Å². The number of aromatic nitrogens is 1. The van der Waals surface area contributed by atoms with Gasteiger partial charge >= 0.3 is 0 Å². The number of hydrogen-bond acceptors (Lipinski definition) is 4. The first-order valence-corrected chi connectivity index (χ1v) is 5.15. The average Bonchev–Trinajstić information content (AvgIpc) is 2.20. The summed E-state index contributed by atoms with van der Waals surface area (Å²) in [4.78, 5) is 3.98. The third kappa shape index (κ3) is 3.70. The van der Waals surface area contributed by atoms with Crippen LogP contribution in [0.1, 0.15) is 36.2 Å². The summed E-state index contributed by atoms with van der Waals surface area (Å²) in [5.41, 5.74) is 8.57. The molecule has 4 N–H and O–H groups in total. The molecule has 0 aliphatic carbocycles. The van der Waals surface area contributed by atoms with Gasteiger partial charge in [-0.1, -0.05) is 5.57 Å². The van der Waals surface area contributed by atoms with Crippen LogP contribution < -0.4 is 5.73 Å². The lowest BCUT2D eigenvalue weighted by Gasteiger charge is -2.17. The smallest absolute Gasteiger partial charge is 0.141 e. The zero-order valence-corrected chi connectivity index (χ0v) is 10.9. The largest absolute Gasteiger partial charge is 0.506 e. The molecule has 0 saturated heterocycles. The Hall–Kier alpha value is -1.10. The van der Waals surface area contributed by atoms with Crippen molar-refractivity contribution in [1.29, 1.82) is 0 Å². The zero-order chi connectivity index (χ0) is 12.3. The highest BCUT2D eigenvalue weighted by atomic mass is 35.5.